The number of hydrogen-bond acceptors (Lipinski definition) is 3. The number of nitrogens with zero attached hydrogens (tertiary/aromatic N) is 1. The van der Waals surface area contributed by atoms with Crippen LogP contribution in [0.15, 0.2) is 36.7 Å². The molecule has 0 unspecified atom stereocenters. The van der Waals surface area contributed by atoms with E-state index in [1.54, 1.807) is 0 Å². The van der Waals surface area contributed by atoms with Crippen LogP contribution in [-0.2, 0) is 6.54 Å². The number of rotatable bonds is 3. The zero-order valence-electron chi connectivity index (χ0n) is 10.2. The highest BCUT2D eigenvalue weighted by molar-refractivity contribution is 5.57. The van der Waals surface area contributed by atoms with Crippen LogP contribution < -0.4 is 11.1 Å². The minimum atomic E-state index is 0.782. The van der Waals surface area contributed by atoms with Gasteiger partial charge in [-0.3, -0.25) is 4.98 Å². The third-order valence-electron chi connectivity index (χ3n) is 2.87. The maximum atomic E-state index is 5.72. The van der Waals surface area contributed by atoms with E-state index < -0.39 is 0 Å². The fourth-order valence-corrected chi connectivity index (χ4v) is 1.76. The van der Waals surface area contributed by atoms with Crippen LogP contribution in [0.4, 0.5) is 11.4 Å². The van der Waals surface area contributed by atoms with Crippen molar-refractivity contribution in [1.29, 1.82) is 0 Å². The number of benzene rings is 1. The van der Waals surface area contributed by atoms with Crippen LogP contribution >= 0.6 is 0 Å². The van der Waals surface area contributed by atoms with Crippen LogP contribution in [0.1, 0.15) is 16.7 Å². The summed E-state index contributed by atoms with van der Waals surface area (Å²) >= 11 is 0. The lowest BCUT2D eigenvalue weighted by atomic mass is 10.1. The van der Waals surface area contributed by atoms with Gasteiger partial charge >= 0.3 is 0 Å². The molecule has 0 radical (unpaired) electrons. The fraction of sp³-hybridized carbons (Fsp3) is 0.214. The number of aromatic nitrogens is 1. The minimum absolute atomic E-state index is 0.782. The second-order valence-corrected chi connectivity index (χ2v) is 4.23. The summed E-state index contributed by atoms with van der Waals surface area (Å²) in [5, 5.41) is 3.40. The van der Waals surface area contributed by atoms with Gasteiger partial charge in [-0.05, 0) is 54.8 Å². The number of nitrogens with two attached hydrogens (primary N) is 1. The zero-order chi connectivity index (χ0) is 12.3. The van der Waals surface area contributed by atoms with Gasteiger partial charge in [0.25, 0.3) is 0 Å². The molecule has 0 aliphatic rings. The molecule has 0 amide bonds. The number of nitrogen functional groups attached to an aromatic ring is 1. The topological polar surface area (TPSA) is 50.9 Å². The van der Waals surface area contributed by atoms with E-state index in [1.165, 1.54) is 11.1 Å². The van der Waals surface area contributed by atoms with E-state index >= 15 is 0 Å². The molecular formula is C14H17N3. The van der Waals surface area contributed by atoms with Gasteiger partial charge in [-0.25, -0.2) is 0 Å². The molecule has 17 heavy (non-hydrogen) atoms. The van der Waals surface area contributed by atoms with E-state index in [1.807, 2.05) is 36.7 Å². The van der Waals surface area contributed by atoms with Crippen molar-refractivity contribution in [2.75, 3.05) is 11.1 Å². The predicted octanol–water partition coefficient (Wildman–Crippen LogP) is 2.89. The Kier molecular flexibility index (Phi) is 3.28. The van der Waals surface area contributed by atoms with Gasteiger partial charge < -0.3 is 11.1 Å². The predicted molar refractivity (Wildman–Crippen MR) is 71.9 cm³/mol. The quantitative estimate of drug-likeness (QED) is 0.793. The first-order chi connectivity index (χ1) is 8.16. The Morgan fingerprint density at radius 3 is 2.71 bits per heavy atom. The molecule has 0 aliphatic carbocycles. The molecular weight excluding hydrogens is 210 g/mol. The number of aryl methyl sites for hydroxylation is 2. The third kappa shape index (κ3) is 2.75. The van der Waals surface area contributed by atoms with Gasteiger partial charge in [-0.1, -0.05) is 0 Å². The normalized spacial score (nSPS) is 10.2. The van der Waals surface area contributed by atoms with E-state index in [0.29, 0.717) is 0 Å². The Hall–Kier alpha value is -2.03. The minimum Gasteiger partial charge on any atom is -0.399 e. The lowest BCUT2D eigenvalue weighted by Crippen LogP contribution is -2.03. The largest absolute Gasteiger partial charge is 0.399 e. The number of hydrogen-bond donors (Lipinski definition) is 2. The van der Waals surface area contributed by atoms with Crippen molar-refractivity contribution in [2.45, 2.75) is 20.4 Å². The third-order valence-corrected chi connectivity index (χ3v) is 2.87. The van der Waals surface area contributed by atoms with Gasteiger partial charge in [0.15, 0.2) is 0 Å². The molecule has 0 saturated carbocycles. The lowest BCUT2D eigenvalue weighted by molar-refractivity contribution is 1.08. The first-order valence-corrected chi connectivity index (χ1v) is 5.66. The van der Waals surface area contributed by atoms with Gasteiger partial charge in [-0.15, -0.1) is 0 Å². The standard InChI is InChI=1S/C14H17N3/c1-10-5-6-16-8-12(10)9-17-14-4-3-13(15)7-11(14)2/h3-8,17H,9,15H2,1-2H3. The summed E-state index contributed by atoms with van der Waals surface area (Å²) in [6.45, 7) is 4.92. The molecule has 2 rings (SSSR count). The van der Waals surface area contributed by atoms with Crippen LogP contribution in [0.5, 0.6) is 0 Å². The summed E-state index contributed by atoms with van der Waals surface area (Å²) in [7, 11) is 0. The number of anilines is 2. The summed E-state index contributed by atoms with van der Waals surface area (Å²) in [5.41, 5.74) is 11.3. The molecule has 1 aromatic carbocycles. The van der Waals surface area contributed by atoms with Gasteiger partial charge in [0.1, 0.15) is 0 Å². The van der Waals surface area contributed by atoms with Crippen molar-refractivity contribution in [3.63, 3.8) is 0 Å². The molecule has 0 bridgehead atoms. The van der Waals surface area contributed by atoms with E-state index in [0.717, 1.165) is 23.5 Å². The van der Waals surface area contributed by atoms with Crippen LogP contribution in [0.2, 0.25) is 0 Å². The molecule has 88 valence electrons. The second-order valence-electron chi connectivity index (χ2n) is 4.23. The summed E-state index contributed by atoms with van der Waals surface area (Å²) in [4.78, 5) is 4.13. The summed E-state index contributed by atoms with van der Waals surface area (Å²) in [6, 6.07) is 7.91. The van der Waals surface area contributed by atoms with Gasteiger partial charge in [0, 0.05) is 30.3 Å². The van der Waals surface area contributed by atoms with E-state index in [9.17, 15) is 0 Å². The highest BCUT2D eigenvalue weighted by Crippen LogP contribution is 2.18. The maximum absolute atomic E-state index is 5.72. The Labute approximate surface area is 102 Å². The van der Waals surface area contributed by atoms with Gasteiger partial charge in [0.2, 0.25) is 0 Å². The first-order valence-electron chi connectivity index (χ1n) is 5.66. The Bertz CT molecular complexity index is 521. The van der Waals surface area contributed by atoms with Crippen LogP contribution in [0, 0.1) is 13.8 Å². The molecule has 0 atom stereocenters. The Morgan fingerprint density at radius 1 is 1.18 bits per heavy atom. The smallest absolute Gasteiger partial charge is 0.0418 e. The van der Waals surface area contributed by atoms with Crippen molar-refractivity contribution in [3.8, 4) is 0 Å². The maximum Gasteiger partial charge on any atom is 0.0418 e. The molecule has 0 aliphatic heterocycles. The molecule has 0 fully saturated rings. The van der Waals surface area contributed by atoms with Crippen molar-refractivity contribution >= 4 is 11.4 Å². The van der Waals surface area contributed by atoms with E-state index in [-0.39, 0.29) is 0 Å². The monoisotopic (exact) mass is 227 g/mol. The number of nitrogens with one attached hydrogen (secondary N) is 1. The van der Waals surface area contributed by atoms with E-state index in [4.69, 9.17) is 5.73 Å². The second kappa shape index (κ2) is 4.87. The average molecular weight is 227 g/mol. The first kappa shape index (κ1) is 11.5. The Morgan fingerprint density at radius 2 is 2.00 bits per heavy atom. The van der Waals surface area contributed by atoms with Crippen molar-refractivity contribution in [2.24, 2.45) is 0 Å². The van der Waals surface area contributed by atoms with Crippen LogP contribution in [-0.4, -0.2) is 4.98 Å². The lowest BCUT2D eigenvalue weighted by Gasteiger charge is -2.11. The van der Waals surface area contributed by atoms with Gasteiger partial charge in [0.05, 0.1) is 0 Å². The van der Waals surface area contributed by atoms with Crippen molar-refractivity contribution < 1.29 is 0 Å². The summed E-state index contributed by atoms with van der Waals surface area (Å²) in [5.74, 6) is 0. The Balaban J connectivity index is 2.10. The molecule has 3 heteroatoms. The van der Waals surface area contributed by atoms with E-state index in [2.05, 4.69) is 24.1 Å². The SMILES string of the molecule is Cc1ccncc1CNc1ccc(N)cc1C. The van der Waals surface area contributed by atoms with Crippen LogP contribution in [0.3, 0.4) is 0 Å². The molecule has 3 nitrogen and oxygen atoms in total. The van der Waals surface area contributed by atoms with Crippen LogP contribution in [0.25, 0.3) is 0 Å². The molecule has 0 saturated heterocycles. The molecule has 2 aromatic rings. The summed E-state index contributed by atoms with van der Waals surface area (Å²) in [6.07, 6.45) is 3.71. The van der Waals surface area contributed by atoms with Crippen molar-refractivity contribution in [3.05, 3.63) is 53.3 Å². The van der Waals surface area contributed by atoms with Crippen molar-refractivity contribution in [1.82, 2.24) is 4.98 Å². The van der Waals surface area contributed by atoms with Gasteiger partial charge in [-0.2, -0.15) is 0 Å². The average Bonchev–Trinajstić information content (AvgIpc) is 2.30. The number of pyridine rings is 1. The molecule has 0 spiro atoms. The molecule has 1 heterocycles. The summed E-state index contributed by atoms with van der Waals surface area (Å²) < 4.78 is 0. The molecule has 3 N–H and O–H groups in total. The highest BCUT2D eigenvalue weighted by Gasteiger charge is 2.00. The molecule has 1 aromatic heterocycles. The fourth-order valence-electron chi connectivity index (χ4n) is 1.76. The zero-order valence-corrected chi connectivity index (χ0v) is 10.2. The highest BCUT2D eigenvalue weighted by atomic mass is 14.9.